The molecule has 4 aromatic rings. The number of alkyl halides is 2. The van der Waals surface area contributed by atoms with Crippen LogP contribution in [-0.4, -0.2) is 61.5 Å². The summed E-state index contributed by atoms with van der Waals surface area (Å²) < 4.78 is 70.3. The number of rotatable bonds is 4. The number of thiophene rings is 1. The number of hydrogen-bond donors (Lipinski definition) is 0. The summed E-state index contributed by atoms with van der Waals surface area (Å²) in [6.07, 6.45) is 2.06. The van der Waals surface area contributed by atoms with Crippen molar-refractivity contribution in [1.29, 1.82) is 0 Å². The Bertz CT molecular complexity index is 2180. The Balaban J connectivity index is 1.32. The number of ether oxygens (including phenoxy) is 4. The average molecular weight is 720 g/mol. The molecule has 5 heterocycles. The molecule has 2 atom stereocenters. The molecule has 1 spiro atoms. The molecule has 2 aromatic carbocycles. The predicted molar refractivity (Wildman–Crippen MR) is 179 cm³/mol. The van der Waals surface area contributed by atoms with Crippen LogP contribution in [0.5, 0.6) is 5.75 Å². The molecule has 0 bridgehead atoms. The van der Waals surface area contributed by atoms with Crippen molar-refractivity contribution < 1.29 is 41.7 Å². The molecule has 0 saturated carbocycles. The molecule has 9 rings (SSSR count). The van der Waals surface area contributed by atoms with E-state index in [1.165, 1.54) is 23.6 Å². The molecular formula is C37H32F3N3O7S. The predicted octanol–water partition coefficient (Wildman–Crippen LogP) is 6.56. The average Bonchev–Trinajstić information content (AvgIpc) is 3.49. The smallest absolute Gasteiger partial charge is 0.451 e. The Hall–Kier alpha value is -4.82. The Morgan fingerprint density at radius 1 is 1.04 bits per heavy atom. The van der Waals surface area contributed by atoms with Gasteiger partial charge in [-0.1, -0.05) is 30.3 Å². The van der Waals surface area contributed by atoms with Crippen molar-refractivity contribution in [2.75, 3.05) is 38.7 Å². The molecule has 51 heavy (non-hydrogen) atoms. The first-order valence-corrected chi connectivity index (χ1v) is 17.7. The third kappa shape index (κ3) is 4.75. The van der Waals surface area contributed by atoms with E-state index in [1.54, 1.807) is 21.0 Å². The van der Waals surface area contributed by atoms with Gasteiger partial charge in [0.1, 0.15) is 12.0 Å². The van der Waals surface area contributed by atoms with Gasteiger partial charge in [-0.05, 0) is 64.8 Å². The van der Waals surface area contributed by atoms with Crippen LogP contribution in [-0.2, 0) is 26.6 Å². The number of piperidine rings is 1. The van der Waals surface area contributed by atoms with Crippen LogP contribution in [0.1, 0.15) is 64.5 Å². The first kappa shape index (κ1) is 32.1. The zero-order valence-corrected chi connectivity index (χ0v) is 28.3. The van der Waals surface area contributed by atoms with Crippen LogP contribution in [0.25, 0.3) is 21.6 Å². The molecule has 5 aliphatic rings. The van der Waals surface area contributed by atoms with E-state index >= 15 is 13.2 Å². The van der Waals surface area contributed by atoms with Gasteiger partial charge in [0.05, 0.1) is 18.7 Å². The monoisotopic (exact) mass is 719 g/mol. The number of amides is 1. The number of methoxy groups -OCH3 is 1. The molecule has 2 saturated heterocycles. The molecule has 14 heteroatoms. The quantitative estimate of drug-likeness (QED) is 0.173. The second-order valence-electron chi connectivity index (χ2n) is 13.7. The summed E-state index contributed by atoms with van der Waals surface area (Å²) in [6, 6.07) is 10.8. The lowest BCUT2D eigenvalue weighted by atomic mass is 9.71. The van der Waals surface area contributed by atoms with Crippen LogP contribution in [0.15, 0.2) is 58.8 Å². The SMILES string of the molecule is COC(=O)OCOc1c2n(ccc1=O)N(C1c3ccccc3-c3scc4c3-c3c1ccc(F)c3C(F)(F)C4)C1CC3(CCOCC3)CCN1C2=O. The first-order chi connectivity index (χ1) is 24.6. The van der Waals surface area contributed by atoms with Gasteiger partial charge in [0.15, 0.2) is 5.69 Å². The number of hydrogen-bond acceptors (Lipinski definition) is 9. The number of fused-ring (bicyclic) bond motifs is 4. The fourth-order valence-electron chi connectivity index (χ4n) is 8.81. The van der Waals surface area contributed by atoms with Gasteiger partial charge in [-0.25, -0.2) is 18.0 Å². The molecule has 3 aliphatic heterocycles. The van der Waals surface area contributed by atoms with E-state index in [0.29, 0.717) is 49.3 Å². The standard InChI is InChI=1S/C37H32F3N3O7S/c1-47-35(46)50-19-49-32-25(44)8-12-42-31(32)34(45)41-13-9-36(10-14-48-15-11-36)17-26(41)43(42)30-21-4-2-3-5-22(21)33-27-20(18-51-33)16-37(39,40)29-24(38)7-6-23(30)28(27)29/h2-8,12,18,26,30H,9-11,13-17,19H2,1H3. The summed E-state index contributed by atoms with van der Waals surface area (Å²) in [5.74, 6) is -5.24. The molecule has 0 N–H and O–H groups in total. The summed E-state index contributed by atoms with van der Waals surface area (Å²) in [7, 11) is 1.13. The molecule has 10 nitrogen and oxygen atoms in total. The summed E-state index contributed by atoms with van der Waals surface area (Å²) in [4.78, 5) is 42.2. The normalized spacial score (nSPS) is 21.9. The second-order valence-corrected chi connectivity index (χ2v) is 14.6. The Morgan fingerprint density at radius 2 is 1.84 bits per heavy atom. The van der Waals surface area contributed by atoms with E-state index in [-0.39, 0.29) is 22.4 Å². The highest BCUT2D eigenvalue weighted by Gasteiger charge is 2.53. The van der Waals surface area contributed by atoms with Gasteiger partial charge < -0.3 is 23.8 Å². The highest BCUT2D eigenvalue weighted by molar-refractivity contribution is 7.14. The maximum absolute atomic E-state index is 16.1. The highest BCUT2D eigenvalue weighted by Crippen LogP contribution is 2.59. The molecule has 2 aromatic heterocycles. The van der Waals surface area contributed by atoms with Crippen molar-refractivity contribution in [3.05, 3.63) is 98.0 Å². The van der Waals surface area contributed by atoms with Gasteiger partial charge in [0.25, 0.3) is 11.8 Å². The Labute approximate surface area is 293 Å². The van der Waals surface area contributed by atoms with Crippen molar-refractivity contribution in [3.8, 4) is 27.3 Å². The van der Waals surface area contributed by atoms with E-state index in [9.17, 15) is 14.4 Å². The minimum atomic E-state index is -3.47. The number of pyridine rings is 1. The van der Waals surface area contributed by atoms with Crippen molar-refractivity contribution in [2.45, 2.75) is 50.2 Å². The van der Waals surface area contributed by atoms with Crippen molar-refractivity contribution in [2.24, 2.45) is 5.41 Å². The van der Waals surface area contributed by atoms with E-state index in [4.69, 9.17) is 14.2 Å². The van der Waals surface area contributed by atoms with Crippen LogP contribution >= 0.6 is 11.3 Å². The lowest BCUT2D eigenvalue weighted by Crippen LogP contribution is -2.66. The third-order valence-electron chi connectivity index (χ3n) is 11.2. The van der Waals surface area contributed by atoms with Crippen LogP contribution in [0.4, 0.5) is 18.0 Å². The molecular weight excluding hydrogens is 687 g/mol. The summed E-state index contributed by atoms with van der Waals surface area (Å²) in [5.41, 5.74) is 1.74. The lowest BCUT2D eigenvalue weighted by Gasteiger charge is -2.56. The number of benzene rings is 2. The van der Waals surface area contributed by atoms with E-state index in [0.717, 1.165) is 42.0 Å². The molecule has 2 unspecified atom stereocenters. The fourth-order valence-corrected chi connectivity index (χ4v) is 9.94. The number of halogens is 3. The van der Waals surface area contributed by atoms with Crippen molar-refractivity contribution in [3.63, 3.8) is 0 Å². The topological polar surface area (TPSA) is 99.5 Å². The van der Waals surface area contributed by atoms with Crippen molar-refractivity contribution >= 4 is 23.4 Å². The van der Waals surface area contributed by atoms with Crippen LogP contribution in [0, 0.1) is 11.2 Å². The maximum atomic E-state index is 16.1. The van der Waals surface area contributed by atoms with Gasteiger partial charge in [0.2, 0.25) is 18.0 Å². The summed E-state index contributed by atoms with van der Waals surface area (Å²) in [6.45, 7) is 0.816. The van der Waals surface area contributed by atoms with Crippen molar-refractivity contribution in [1.82, 2.24) is 9.58 Å². The zero-order valence-electron chi connectivity index (χ0n) is 27.5. The first-order valence-electron chi connectivity index (χ1n) is 16.8. The van der Waals surface area contributed by atoms with E-state index < -0.39 is 60.2 Å². The number of nitrogens with zero attached hydrogens (tertiary/aromatic N) is 3. The summed E-state index contributed by atoms with van der Waals surface area (Å²) >= 11 is 1.36. The lowest BCUT2D eigenvalue weighted by molar-refractivity contribution is -0.0432. The molecule has 1 amide bonds. The largest absolute Gasteiger partial charge is 0.510 e. The van der Waals surface area contributed by atoms with Gasteiger partial charge in [-0.3, -0.25) is 19.3 Å². The number of aromatic nitrogens is 1. The van der Waals surface area contributed by atoms with E-state index in [2.05, 4.69) is 4.74 Å². The minimum absolute atomic E-state index is 0.103. The zero-order chi connectivity index (χ0) is 35.2. The van der Waals surface area contributed by atoms with Crippen LogP contribution in [0.3, 0.4) is 0 Å². The van der Waals surface area contributed by atoms with E-state index in [1.807, 2.05) is 29.3 Å². The molecule has 264 valence electrons. The van der Waals surface area contributed by atoms with Crippen LogP contribution < -0.4 is 15.2 Å². The van der Waals surface area contributed by atoms with Crippen LogP contribution in [0.2, 0.25) is 0 Å². The summed E-state index contributed by atoms with van der Waals surface area (Å²) in [5, 5.41) is 3.71. The van der Waals surface area contributed by atoms with Gasteiger partial charge in [0, 0.05) is 54.4 Å². The fraction of sp³-hybridized carbons (Fsp3) is 0.378. The molecule has 2 aliphatic carbocycles. The Kier molecular flexibility index (Phi) is 7.31. The minimum Gasteiger partial charge on any atom is -0.451 e. The third-order valence-corrected chi connectivity index (χ3v) is 12.2. The maximum Gasteiger partial charge on any atom is 0.510 e. The van der Waals surface area contributed by atoms with Gasteiger partial charge in [-0.2, -0.15) is 0 Å². The Morgan fingerprint density at radius 3 is 2.65 bits per heavy atom. The molecule has 0 radical (unpaired) electrons. The van der Waals surface area contributed by atoms with Gasteiger partial charge >= 0.3 is 6.16 Å². The molecule has 2 fully saturated rings. The number of carbonyl (C=O) groups excluding carboxylic acids is 2. The number of carbonyl (C=O) groups is 2. The second kappa shape index (κ2) is 11.6. The highest BCUT2D eigenvalue weighted by atomic mass is 32.1. The van der Waals surface area contributed by atoms with Gasteiger partial charge in [-0.15, -0.1) is 11.3 Å².